The number of thiazole rings is 1. The number of hydrogen-bond donors (Lipinski definition) is 1. The second-order valence-corrected chi connectivity index (χ2v) is 8.76. The highest BCUT2D eigenvalue weighted by atomic mass is 32.2. The highest BCUT2D eigenvalue weighted by Crippen LogP contribution is 2.29. The fourth-order valence-corrected chi connectivity index (χ4v) is 5.75. The molecular formula is C11H16N2O4S3. The molecule has 0 saturated carbocycles. The summed E-state index contributed by atoms with van der Waals surface area (Å²) in [5, 5.41) is 10.6. The second-order valence-electron chi connectivity index (χ2n) is 4.57. The van der Waals surface area contributed by atoms with Crippen LogP contribution in [0, 0.1) is 0 Å². The van der Waals surface area contributed by atoms with Gasteiger partial charge < -0.3 is 10.0 Å². The Bertz CT molecular complexity index is 584. The van der Waals surface area contributed by atoms with Gasteiger partial charge in [0, 0.05) is 36.1 Å². The number of sulfone groups is 1. The third-order valence-electron chi connectivity index (χ3n) is 2.96. The molecule has 0 aliphatic carbocycles. The van der Waals surface area contributed by atoms with Crippen LogP contribution in [-0.4, -0.2) is 54.2 Å². The second kappa shape index (κ2) is 6.31. The minimum atomic E-state index is -3.16. The number of rotatable bonds is 5. The van der Waals surface area contributed by atoms with E-state index >= 15 is 0 Å². The van der Waals surface area contributed by atoms with Gasteiger partial charge >= 0.3 is 5.97 Å². The van der Waals surface area contributed by atoms with Crippen LogP contribution in [0.3, 0.4) is 0 Å². The van der Waals surface area contributed by atoms with Crippen molar-refractivity contribution in [3.8, 4) is 0 Å². The average Bonchev–Trinajstić information content (AvgIpc) is 2.84. The number of anilines is 1. The molecule has 0 spiro atoms. The van der Waals surface area contributed by atoms with Gasteiger partial charge in [0.15, 0.2) is 15.0 Å². The standard InChI is InChI=1S/C11H16N2O4S3/c1-20(16,17)9-7-18-5-4-13(9)11-12-8(6-19-11)2-3-10(14)15/h6,9H,2-5,7H2,1H3,(H,14,15). The van der Waals surface area contributed by atoms with Gasteiger partial charge in [0.05, 0.1) is 12.1 Å². The molecule has 2 heterocycles. The van der Waals surface area contributed by atoms with Crippen LogP contribution in [0.2, 0.25) is 0 Å². The number of carboxylic acids is 1. The molecule has 1 aromatic rings. The van der Waals surface area contributed by atoms with E-state index in [1.165, 1.54) is 17.6 Å². The van der Waals surface area contributed by atoms with Crippen LogP contribution in [0.15, 0.2) is 5.38 Å². The summed E-state index contributed by atoms with van der Waals surface area (Å²) in [6.07, 6.45) is 1.65. The highest BCUT2D eigenvalue weighted by molar-refractivity contribution is 8.01. The van der Waals surface area contributed by atoms with E-state index in [-0.39, 0.29) is 6.42 Å². The van der Waals surface area contributed by atoms with E-state index in [9.17, 15) is 13.2 Å². The van der Waals surface area contributed by atoms with Gasteiger partial charge in [-0.15, -0.1) is 11.3 Å². The fourth-order valence-electron chi connectivity index (χ4n) is 1.93. The van der Waals surface area contributed by atoms with Gasteiger partial charge in [-0.3, -0.25) is 4.79 Å². The molecule has 6 nitrogen and oxygen atoms in total. The van der Waals surface area contributed by atoms with Crippen LogP contribution in [0.1, 0.15) is 12.1 Å². The number of carbonyl (C=O) groups is 1. The number of nitrogens with zero attached hydrogens (tertiary/aromatic N) is 2. The first-order chi connectivity index (χ1) is 9.38. The normalized spacial score (nSPS) is 20.1. The Hall–Kier alpha value is -0.800. The molecule has 0 amide bonds. The Morgan fingerprint density at radius 1 is 1.60 bits per heavy atom. The van der Waals surface area contributed by atoms with E-state index in [2.05, 4.69) is 4.98 Å². The lowest BCUT2D eigenvalue weighted by molar-refractivity contribution is -0.136. The van der Waals surface area contributed by atoms with Crippen molar-refractivity contribution in [1.29, 1.82) is 0 Å². The topological polar surface area (TPSA) is 87.6 Å². The molecule has 20 heavy (non-hydrogen) atoms. The van der Waals surface area contributed by atoms with Crippen LogP contribution in [0.5, 0.6) is 0 Å². The summed E-state index contributed by atoms with van der Waals surface area (Å²) in [4.78, 5) is 16.7. The molecule has 1 saturated heterocycles. The zero-order valence-electron chi connectivity index (χ0n) is 11.0. The van der Waals surface area contributed by atoms with Crippen LogP contribution in [-0.2, 0) is 21.1 Å². The zero-order chi connectivity index (χ0) is 14.8. The van der Waals surface area contributed by atoms with Crippen molar-refractivity contribution in [2.45, 2.75) is 18.2 Å². The molecule has 112 valence electrons. The molecule has 1 aromatic heterocycles. The Morgan fingerprint density at radius 3 is 3.00 bits per heavy atom. The molecule has 1 unspecified atom stereocenters. The predicted molar refractivity (Wildman–Crippen MR) is 81.4 cm³/mol. The Labute approximate surface area is 126 Å². The zero-order valence-corrected chi connectivity index (χ0v) is 13.4. The number of thioether (sulfide) groups is 1. The molecule has 1 aliphatic rings. The van der Waals surface area contributed by atoms with Crippen LogP contribution < -0.4 is 4.90 Å². The number of aryl methyl sites for hydroxylation is 1. The summed E-state index contributed by atoms with van der Waals surface area (Å²) in [6.45, 7) is 0.647. The molecule has 9 heteroatoms. The molecule has 1 N–H and O–H groups in total. The predicted octanol–water partition coefficient (Wildman–Crippen LogP) is 1.08. The molecule has 0 bridgehead atoms. The van der Waals surface area contributed by atoms with Crippen molar-refractivity contribution in [1.82, 2.24) is 4.98 Å². The third kappa shape index (κ3) is 3.86. The summed E-state index contributed by atoms with van der Waals surface area (Å²) >= 11 is 3.00. The first-order valence-electron chi connectivity index (χ1n) is 6.07. The van der Waals surface area contributed by atoms with E-state index < -0.39 is 21.2 Å². The largest absolute Gasteiger partial charge is 0.481 e. The maximum Gasteiger partial charge on any atom is 0.303 e. The van der Waals surface area contributed by atoms with Crippen molar-refractivity contribution >= 4 is 44.0 Å². The van der Waals surface area contributed by atoms with Gasteiger partial charge in [0.2, 0.25) is 0 Å². The van der Waals surface area contributed by atoms with Gasteiger partial charge in [-0.25, -0.2) is 13.4 Å². The maximum absolute atomic E-state index is 11.8. The first-order valence-corrected chi connectivity index (χ1v) is 10.1. The quantitative estimate of drug-likeness (QED) is 0.861. The number of hydrogen-bond acceptors (Lipinski definition) is 7. The molecule has 1 atom stereocenters. The lowest BCUT2D eigenvalue weighted by Gasteiger charge is -2.33. The van der Waals surface area contributed by atoms with Crippen LogP contribution in [0.4, 0.5) is 5.13 Å². The highest BCUT2D eigenvalue weighted by Gasteiger charge is 2.32. The SMILES string of the molecule is CS(=O)(=O)C1CSCCN1c1nc(CCC(=O)O)cs1. The molecule has 0 radical (unpaired) electrons. The molecule has 1 aliphatic heterocycles. The lowest BCUT2D eigenvalue weighted by Crippen LogP contribution is -2.47. The van der Waals surface area contributed by atoms with Gasteiger partial charge in [0.25, 0.3) is 0 Å². The summed E-state index contributed by atoms with van der Waals surface area (Å²) in [6, 6.07) is 0. The Morgan fingerprint density at radius 2 is 2.35 bits per heavy atom. The Kier molecular flexibility index (Phi) is 4.92. The van der Waals surface area contributed by atoms with Crippen molar-refractivity contribution in [3.05, 3.63) is 11.1 Å². The van der Waals surface area contributed by atoms with Crippen molar-refractivity contribution in [2.75, 3.05) is 29.2 Å². The summed E-state index contributed by atoms with van der Waals surface area (Å²) < 4.78 is 23.7. The monoisotopic (exact) mass is 336 g/mol. The first kappa shape index (κ1) is 15.6. The minimum Gasteiger partial charge on any atom is -0.481 e. The minimum absolute atomic E-state index is 0.0362. The molecule has 1 fully saturated rings. The van der Waals surface area contributed by atoms with Crippen LogP contribution >= 0.6 is 23.1 Å². The molecule has 0 aromatic carbocycles. The number of carboxylic acid groups (broad SMARTS) is 1. The van der Waals surface area contributed by atoms with E-state index in [1.54, 1.807) is 17.1 Å². The van der Waals surface area contributed by atoms with E-state index in [0.717, 1.165) is 5.75 Å². The maximum atomic E-state index is 11.8. The third-order valence-corrected chi connectivity index (χ3v) is 6.53. The summed E-state index contributed by atoms with van der Waals surface area (Å²) in [5.41, 5.74) is 0.706. The van der Waals surface area contributed by atoms with Gasteiger partial charge in [-0.05, 0) is 0 Å². The average molecular weight is 336 g/mol. The van der Waals surface area contributed by atoms with Gasteiger partial charge in [-0.2, -0.15) is 11.8 Å². The van der Waals surface area contributed by atoms with Crippen LogP contribution in [0.25, 0.3) is 0 Å². The van der Waals surface area contributed by atoms with E-state index in [4.69, 9.17) is 5.11 Å². The fraction of sp³-hybridized carbons (Fsp3) is 0.636. The number of aliphatic carboxylic acids is 1. The smallest absolute Gasteiger partial charge is 0.303 e. The molecule has 2 rings (SSSR count). The number of aromatic nitrogens is 1. The van der Waals surface area contributed by atoms with Crippen molar-refractivity contribution < 1.29 is 18.3 Å². The lowest BCUT2D eigenvalue weighted by atomic mass is 10.2. The summed E-state index contributed by atoms with van der Waals surface area (Å²) in [7, 11) is -3.16. The van der Waals surface area contributed by atoms with E-state index in [1.807, 2.05) is 4.90 Å². The van der Waals surface area contributed by atoms with Crippen molar-refractivity contribution in [3.63, 3.8) is 0 Å². The Balaban J connectivity index is 2.14. The van der Waals surface area contributed by atoms with E-state index in [0.29, 0.717) is 29.5 Å². The van der Waals surface area contributed by atoms with Gasteiger partial charge in [0.1, 0.15) is 5.37 Å². The van der Waals surface area contributed by atoms with Crippen molar-refractivity contribution in [2.24, 2.45) is 0 Å². The van der Waals surface area contributed by atoms with Gasteiger partial charge in [-0.1, -0.05) is 0 Å². The summed E-state index contributed by atoms with van der Waals surface area (Å²) in [5.74, 6) is 0.557. The molecular weight excluding hydrogens is 320 g/mol.